The molecule has 1 aromatic rings. The quantitative estimate of drug-likeness (QED) is 0.822. The van der Waals surface area contributed by atoms with Gasteiger partial charge in [-0.05, 0) is 25.5 Å². The highest BCUT2D eigenvalue weighted by Gasteiger charge is 2.44. The van der Waals surface area contributed by atoms with Crippen molar-refractivity contribution in [3.63, 3.8) is 0 Å². The van der Waals surface area contributed by atoms with E-state index in [1.807, 2.05) is 6.07 Å². The van der Waals surface area contributed by atoms with E-state index in [9.17, 15) is 4.79 Å². The van der Waals surface area contributed by atoms with E-state index >= 15 is 0 Å². The first kappa shape index (κ1) is 16.5. The molecular formula is C17H26N2O4. The second-order valence-electron chi connectivity index (χ2n) is 6.87. The van der Waals surface area contributed by atoms with Gasteiger partial charge in [-0.15, -0.1) is 0 Å². The van der Waals surface area contributed by atoms with E-state index in [0.29, 0.717) is 6.61 Å². The lowest BCUT2D eigenvalue weighted by molar-refractivity contribution is -0.135. The first-order chi connectivity index (χ1) is 11.1. The maximum absolute atomic E-state index is 11.6. The molecule has 0 aromatic carbocycles. The Hall–Kier alpha value is -1.37. The van der Waals surface area contributed by atoms with Crippen molar-refractivity contribution >= 4 is 5.91 Å². The Morgan fingerprint density at radius 2 is 2.39 bits per heavy atom. The van der Waals surface area contributed by atoms with Crippen LogP contribution in [0.1, 0.15) is 24.8 Å². The van der Waals surface area contributed by atoms with E-state index in [1.54, 1.807) is 31.5 Å². The molecule has 23 heavy (non-hydrogen) atoms. The summed E-state index contributed by atoms with van der Waals surface area (Å²) in [6.07, 6.45) is 6.60. The summed E-state index contributed by atoms with van der Waals surface area (Å²) in [5.74, 6) is -0.00354. The Balaban J connectivity index is 1.50. The summed E-state index contributed by atoms with van der Waals surface area (Å²) in [6.45, 7) is 3.61. The van der Waals surface area contributed by atoms with Crippen LogP contribution in [-0.4, -0.2) is 67.8 Å². The zero-order valence-electron chi connectivity index (χ0n) is 14.0. The minimum absolute atomic E-state index is 0.00354. The van der Waals surface area contributed by atoms with Crippen LogP contribution in [0.25, 0.3) is 0 Å². The molecule has 6 heteroatoms. The predicted molar refractivity (Wildman–Crippen MR) is 85.0 cm³/mol. The molecule has 0 bridgehead atoms. The lowest BCUT2D eigenvalue weighted by Crippen LogP contribution is -2.47. The number of piperidine rings is 1. The van der Waals surface area contributed by atoms with Gasteiger partial charge in [0, 0.05) is 39.2 Å². The molecule has 128 valence electrons. The van der Waals surface area contributed by atoms with Crippen molar-refractivity contribution in [3.8, 4) is 0 Å². The van der Waals surface area contributed by atoms with Crippen LogP contribution in [0.3, 0.4) is 0 Å². The van der Waals surface area contributed by atoms with E-state index in [0.717, 1.165) is 38.9 Å². The van der Waals surface area contributed by atoms with Crippen molar-refractivity contribution in [2.24, 2.45) is 0 Å². The van der Waals surface area contributed by atoms with Gasteiger partial charge in [0.05, 0.1) is 30.8 Å². The molecule has 1 amide bonds. The average molecular weight is 322 g/mol. The van der Waals surface area contributed by atoms with Crippen LogP contribution in [0.15, 0.2) is 23.0 Å². The molecule has 2 aliphatic heterocycles. The van der Waals surface area contributed by atoms with Crippen molar-refractivity contribution in [2.45, 2.75) is 37.5 Å². The van der Waals surface area contributed by atoms with Gasteiger partial charge >= 0.3 is 0 Å². The maximum atomic E-state index is 11.6. The highest BCUT2D eigenvalue weighted by molar-refractivity contribution is 5.76. The van der Waals surface area contributed by atoms with Crippen LogP contribution in [0.2, 0.25) is 0 Å². The highest BCUT2D eigenvalue weighted by atomic mass is 16.6. The first-order valence-electron chi connectivity index (χ1n) is 8.25. The van der Waals surface area contributed by atoms with E-state index < -0.39 is 0 Å². The topological polar surface area (TPSA) is 55.2 Å². The number of carbonyl (C=O) groups excluding carboxylic acids is 1. The fraction of sp³-hybridized carbons (Fsp3) is 0.706. The van der Waals surface area contributed by atoms with Gasteiger partial charge in [-0.25, -0.2) is 0 Å². The Morgan fingerprint density at radius 3 is 3.13 bits per heavy atom. The zero-order chi connectivity index (χ0) is 16.3. The van der Waals surface area contributed by atoms with Gasteiger partial charge in [-0.2, -0.15) is 0 Å². The first-order valence-corrected chi connectivity index (χ1v) is 8.25. The molecular weight excluding hydrogens is 296 g/mol. The number of nitrogens with zero attached hydrogens (tertiary/aromatic N) is 2. The number of hydrogen-bond acceptors (Lipinski definition) is 5. The highest BCUT2D eigenvalue weighted by Crippen LogP contribution is 2.36. The molecule has 0 saturated carbocycles. The lowest BCUT2D eigenvalue weighted by atomic mass is 9.89. The predicted octanol–water partition coefficient (Wildman–Crippen LogP) is 1.51. The Kier molecular flexibility index (Phi) is 5.04. The number of rotatable bonds is 5. The molecule has 0 aliphatic carbocycles. The van der Waals surface area contributed by atoms with Gasteiger partial charge in [0.1, 0.15) is 6.61 Å². The Bertz CT molecular complexity index is 517. The lowest BCUT2D eigenvalue weighted by Gasteiger charge is -2.39. The fourth-order valence-corrected chi connectivity index (χ4v) is 3.48. The van der Waals surface area contributed by atoms with Gasteiger partial charge < -0.3 is 18.8 Å². The molecule has 3 heterocycles. The van der Waals surface area contributed by atoms with Crippen molar-refractivity contribution in [2.75, 3.05) is 40.4 Å². The maximum Gasteiger partial charge on any atom is 0.248 e. The SMILES string of the molecule is CN(C)C(=O)CO[C@@H]1CO[C@@]2(CCCN(Cc3ccoc3)C2)C1. The zero-order valence-corrected chi connectivity index (χ0v) is 14.0. The molecule has 1 spiro atoms. The van der Waals surface area contributed by atoms with Gasteiger partial charge in [0.25, 0.3) is 0 Å². The Morgan fingerprint density at radius 1 is 1.52 bits per heavy atom. The summed E-state index contributed by atoms with van der Waals surface area (Å²) in [7, 11) is 3.49. The van der Waals surface area contributed by atoms with Crippen molar-refractivity contribution in [1.82, 2.24) is 9.80 Å². The number of hydrogen-bond donors (Lipinski definition) is 0. The van der Waals surface area contributed by atoms with Crippen molar-refractivity contribution in [1.29, 1.82) is 0 Å². The van der Waals surface area contributed by atoms with E-state index in [-0.39, 0.29) is 24.2 Å². The number of likely N-dealkylation sites (N-methyl/N-ethyl adjacent to an activating group) is 1. The van der Waals surface area contributed by atoms with Crippen molar-refractivity contribution < 1.29 is 18.7 Å². The molecule has 6 nitrogen and oxygen atoms in total. The largest absolute Gasteiger partial charge is 0.472 e. The van der Waals surface area contributed by atoms with E-state index in [1.165, 1.54) is 5.56 Å². The molecule has 3 rings (SSSR count). The van der Waals surface area contributed by atoms with Crippen LogP contribution in [0, 0.1) is 0 Å². The molecule has 2 fully saturated rings. The average Bonchev–Trinajstić information content (AvgIpc) is 3.15. The third kappa shape index (κ3) is 4.13. The van der Waals surface area contributed by atoms with Crippen LogP contribution in [0.5, 0.6) is 0 Å². The van der Waals surface area contributed by atoms with Crippen LogP contribution in [-0.2, 0) is 20.8 Å². The molecule has 2 aliphatic rings. The molecule has 1 aromatic heterocycles. The summed E-state index contributed by atoms with van der Waals surface area (Å²) in [5, 5.41) is 0. The summed E-state index contributed by atoms with van der Waals surface area (Å²) < 4.78 is 17.0. The standard InChI is InChI=1S/C17H26N2O4/c1-18(2)16(20)12-22-15-8-17(23-11-15)5-3-6-19(13-17)9-14-4-7-21-10-14/h4,7,10,15H,3,5-6,8-9,11-13H2,1-2H3/t15-,17-/m0/s1. The normalized spacial score (nSPS) is 28.3. The van der Waals surface area contributed by atoms with Crippen LogP contribution >= 0.6 is 0 Å². The molecule has 0 radical (unpaired) electrons. The minimum atomic E-state index is -0.117. The van der Waals surface area contributed by atoms with E-state index in [4.69, 9.17) is 13.9 Å². The number of ether oxygens (including phenoxy) is 2. The number of amides is 1. The minimum Gasteiger partial charge on any atom is -0.472 e. The Labute approximate surface area is 137 Å². The summed E-state index contributed by atoms with van der Waals surface area (Å²) >= 11 is 0. The second kappa shape index (κ2) is 7.03. The molecule has 2 atom stereocenters. The number of likely N-dealkylation sites (tertiary alicyclic amines) is 1. The summed E-state index contributed by atoms with van der Waals surface area (Å²) in [5.41, 5.74) is 1.08. The van der Waals surface area contributed by atoms with Crippen LogP contribution < -0.4 is 0 Å². The third-order valence-electron chi connectivity index (χ3n) is 4.72. The number of carbonyl (C=O) groups is 1. The van der Waals surface area contributed by atoms with Crippen molar-refractivity contribution in [3.05, 3.63) is 24.2 Å². The van der Waals surface area contributed by atoms with Gasteiger partial charge in [-0.1, -0.05) is 0 Å². The van der Waals surface area contributed by atoms with E-state index in [2.05, 4.69) is 4.90 Å². The molecule has 0 N–H and O–H groups in total. The van der Waals surface area contributed by atoms with Gasteiger partial charge in [-0.3, -0.25) is 9.69 Å². The fourth-order valence-electron chi connectivity index (χ4n) is 3.48. The summed E-state index contributed by atoms with van der Waals surface area (Å²) in [4.78, 5) is 15.6. The second-order valence-corrected chi connectivity index (χ2v) is 6.87. The molecule has 0 unspecified atom stereocenters. The van der Waals surface area contributed by atoms with Gasteiger partial charge in [0.2, 0.25) is 5.91 Å². The smallest absolute Gasteiger partial charge is 0.248 e. The van der Waals surface area contributed by atoms with Gasteiger partial charge in [0.15, 0.2) is 0 Å². The monoisotopic (exact) mass is 322 g/mol. The third-order valence-corrected chi connectivity index (χ3v) is 4.72. The molecule has 2 saturated heterocycles. The van der Waals surface area contributed by atoms with Crippen LogP contribution in [0.4, 0.5) is 0 Å². The summed E-state index contributed by atoms with van der Waals surface area (Å²) in [6, 6.07) is 2.01. The number of furan rings is 1.